The minimum atomic E-state index is -4.48. The van der Waals surface area contributed by atoms with Crippen molar-refractivity contribution in [1.29, 1.82) is 0 Å². The van der Waals surface area contributed by atoms with Crippen LogP contribution in [0.2, 0.25) is 0 Å². The van der Waals surface area contributed by atoms with Crippen LogP contribution in [0, 0.1) is 11.2 Å². The number of Topliss-reactive ketones (excluding diaryl/α,β-unsaturated/α-hetero) is 1. The molecule has 1 aromatic carbocycles. The van der Waals surface area contributed by atoms with Crippen LogP contribution in [0.5, 0.6) is 0 Å². The zero-order valence-electron chi connectivity index (χ0n) is 16.4. The lowest BCUT2D eigenvalue weighted by Gasteiger charge is -2.32. The molecule has 29 heavy (non-hydrogen) atoms. The number of pyridine rings is 1. The van der Waals surface area contributed by atoms with Crippen molar-refractivity contribution >= 4 is 16.7 Å². The first-order valence-corrected chi connectivity index (χ1v) is 9.91. The summed E-state index contributed by atoms with van der Waals surface area (Å²) in [6, 6.07) is 6.06. The van der Waals surface area contributed by atoms with Gasteiger partial charge in [0.2, 0.25) is 0 Å². The molecule has 0 amide bonds. The second kappa shape index (κ2) is 8.78. The number of ether oxygens (including phenoxy) is 1. The van der Waals surface area contributed by atoms with E-state index in [1.54, 1.807) is 12.1 Å². The van der Waals surface area contributed by atoms with Crippen molar-refractivity contribution < 1.29 is 27.1 Å². The second-order valence-corrected chi connectivity index (χ2v) is 8.18. The lowest BCUT2D eigenvalue weighted by Crippen LogP contribution is -2.40. The molecule has 1 aliphatic rings. The van der Waals surface area contributed by atoms with Gasteiger partial charge in [0.15, 0.2) is 0 Å². The normalized spacial score (nSPS) is 18.0. The Kier molecular flexibility index (Phi) is 6.56. The van der Waals surface area contributed by atoms with Crippen molar-refractivity contribution in [2.24, 2.45) is 5.41 Å². The van der Waals surface area contributed by atoms with Gasteiger partial charge in [-0.3, -0.25) is 9.78 Å². The van der Waals surface area contributed by atoms with Crippen LogP contribution in [0.1, 0.15) is 51.0 Å². The fraction of sp³-hybridized carbons (Fsp3) is 0.545. The summed E-state index contributed by atoms with van der Waals surface area (Å²) in [5.41, 5.74) is -1.05. The number of fused-ring (bicyclic) bond motifs is 1. The summed E-state index contributed by atoms with van der Waals surface area (Å²) in [5.74, 6) is -1.04. The molecule has 1 aromatic heterocycles. The molecule has 2 aromatic rings. The Morgan fingerprint density at radius 3 is 2.62 bits per heavy atom. The van der Waals surface area contributed by atoms with E-state index in [0.717, 1.165) is 32.1 Å². The summed E-state index contributed by atoms with van der Waals surface area (Å²) in [5, 5.41) is 0.506. The number of hydrogen-bond donors (Lipinski definition) is 0. The number of alkyl halides is 3. The molecular formula is C22H25F4NO2. The average molecular weight is 411 g/mol. The van der Waals surface area contributed by atoms with E-state index in [1.165, 1.54) is 25.3 Å². The Labute approximate surface area is 167 Å². The molecule has 1 unspecified atom stereocenters. The first-order valence-electron chi connectivity index (χ1n) is 9.91. The highest BCUT2D eigenvalue weighted by molar-refractivity contribution is 5.88. The van der Waals surface area contributed by atoms with Crippen molar-refractivity contribution in [1.82, 2.24) is 4.98 Å². The van der Waals surface area contributed by atoms with E-state index in [2.05, 4.69) is 4.98 Å². The van der Waals surface area contributed by atoms with Gasteiger partial charge in [-0.15, -0.1) is 0 Å². The van der Waals surface area contributed by atoms with E-state index in [1.807, 2.05) is 0 Å². The topological polar surface area (TPSA) is 39.2 Å². The van der Waals surface area contributed by atoms with Gasteiger partial charge in [0, 0.05) is 18.0 Å². The van der Waals surface area contributed by atoms with Gasteiger partial charge in [-0.1, -0.05) is 38.3 Å². The van der Waals surface area contributed by atoms with Gasteiger partial charge in [0.25, 0.3) is 0 Å². The smallest absolute Gasteiger partial charge is 0.377 e. The number of nitrogens with zero attached hydrogens (tertiary/aromatic N) is 1. The third-order valence-corrected chi connectivity index (χ3v) is 5.54. The zero-order chi connectivity index (χ0) is 21.1. The van der Waals surface area contributed by atoms with Gasteiger partial charge in [0.1, 0.15) is 17.1 Å². The number of ketones is 1. The Hall–Kier alpha value is -2.02. The number of halogens is 4. The SMILES string of the molecule is CC(COC1CCCCC1)(CC(F)(F)F)C(=O)Cc1cnc2c(F)cccc2c1. The van der Waals surface area contributed by atoms with E-state index in [-0.39, 0.29) is 24.6 Å². The minimum absolute atomic E-state index is 0.0885. The molecule has 7 heteroatoms. The number of hydrogen-bond acceptors (Lipinski definition) is 3. The highest BCUT2D eigenvalue weighted by Crippen LogP contribution is 2.36. The van der Waals surface area contributed by atoms with Crippen molar-refractivity contribution in [3.05, 3.63) is 41.8 Å². The van der Waals surface area contributed by atoms with Gasteiger partial charge >= 0.3 is 6.18 Å². The zero-order valence-corrected chi connectivity index (χ0v) is 16.4. The average Bonchev–Trinajstić information content (AvgIpc) is 2.66. The highest BCUT2D eigenvalue weighted by atomic mass is 19.4. The van der Waals surface area contributed by atoms with Gasteiger partial charge in [-0.25, -0.2) is 4.39 Å². The summed E-state index contributed by atoms with van der Waals surface area (Å²) in [7, 11) is 0. The summed E-state index contributed by atoms with van der Waals surface area (Å²) in [6.45, 7) is 1.06. The van der Waals surface area contributed by atoms with Crippen LogP contribution in [-0.4, -0.2) is 29.7 Å². The minimum Gasteiger partial charge on any atom is -0.377 e. The maximum absolute atomic E-state index is 13.8. The molecule has 0 radical (unpaired) electrons. The lowest BCUT2D eigenvalue weighted by molar-refractivity contribution is -0.175. The monoisotopic (exact) mass is 411 g/mol. The predicted octanol–water partition coefficient (Wildman–Crippen LogP) is 5.79. The van der Waals surface area contributed by atoms with Crippen LogP contribution < -0.4 is 0 Å². The lowest BCUT2D eigenvalue weighted by atomic mass is 9.80. The van der Waals surface area contributed by atoms with Crippen molar-refractivity contribution in [2.75, 3.05) is 6.61 Å². The first kappa shape index (κ1) is 21.7. The van der Waals surface area contributed by atoms with Crippen molar-refractivity contribution in [2.45, 2.75) is 64.1 Å². The van der Waals surface area contributed by atoms with Crippen LogP contribution in [0.3, 0.4) is 0 Å². The molecule has 3 nitrogen and oxygen atoms in total. The Bertz CT molecular complexity index is 862. The van der Waals surface area contributed by atoms with Crippen molar-refractivity contribution in [3.8, 4) is 0 Å². The third-order valence-electron chi connectivity index (χ3n) is 5.54. The van der Waals surface area contributed by atoms with Gasteiger partial charge in [-0.2, -0.15) is 13.2 Å². The standard InChI is InChI=1S/C22H25F4NO2/c1-21(13-22(24,25)26,14-29-17-7-3-2-4-8-17)19(28)11-15-10-16-6-5-9-18(23)20(16)27-12-15/h5-6,9-10,12,17H,2-4,7-8,11,13-14H2,1H3. The van der Waals surface area contributed by atoms with Crippen LogP contribution in [0.15, 0.2) is 30.5 Å². The van der Waals surface area contributed by atoms with E-state index in [9.17, 15) is 22.4 Å². The second-order valence-electron chi connectivity index (χ2n) is 8.18. The quantitative estimate of drug-likeness (QED) is 0.541. The summed E-state index contributed by atoms with van der Waals surface area (Å²) in [4.78, 5) is 16.9. The molecule has 0 bridgehead atoms. The third kappa shape index (κ3) is 5.75. The van der Waals surface area contributed by atoms with Crippen LogP contribution >= 0.6 is 0 Å². The van der Waals surface area contributed by atoms with Gasteiger partial charge in [-0.05, 0) is 30.5 Å². The van der Waals surface area contributed by atoms with Gasteiger partial charge < -0.3 is 4.74 Å². The molecule has 0 aliphatic heterocycles. The highest BCUT2D eigenvalue weighted by Gasteiger charge is 2.44. The molecule has 1 aliphatic carbocycles. The van der Waals surface area contributed by atoms with E-state index in [0.29, 0.717) is 10.9 Å². The maximum Gasteiger partial charge on any atom is 0.390 e. The largest absolute Gasteiger partial charge is 0.390 e. The van der Waals surface area contributed by atoms with E-state index >= 15 is 0 Å². The van der Waals surface area contributed by atoms with Crippen LogP contribution in [0.25, 0.3) is 10.9 Å². The molecule has 1 saturated carbocycles. The molecular weight excluding hydrogens is 386 g/mol. The van der Waals surface area contributed by atoms with E-state index in [4.69, 9.17) is 4.74 Å². The van der Waals surface area contributed by atoms with Crippen LogP contribution in [0.4, 0.5) is 17.6 Å². The summed E-state index contributed by atoms with van der Waals surface area (Å²) < 4.78 is 59.1. The first-order chi connectivity index (χ1) is 13.7. The van der Waals surface area contributed by atoms with Gasteiger partial charge in [0.05, 0.1) is 24.5 Å². The number of benzene rings is 1. The molecule has 3 rings (SSSR count). The molecule has 1 fully saturated rings. The Morgan fingerprint density at radius 1 is 1.21 bits per heavy atom. The Morgan fingerprint density at radius 2 is 1.93 bits per heavy atom. The fourth-order valence-electron chi connectivity index (χ4n) is 3.87. The van der Waals surface area contributed by atoms with Crippen molar-refractivity contribution in [3.63, 3.8) is 0 Å². The molecule has 1 atom stereocenters. The molecule has 0 N–H and O–H groups in total. The summed E-state index contributed by atoms with van der Waals surface area (Å²) in [6.07, 6.45) is 0.0589. The summed E-state index contributed by atoms with van der Waals surface area (Å²) >= 11 is 0. The number of para-hydroxylation sites is 1. The fourth-order valence-corrected chi connectivity index (χ4v) is 3.87. The number of carbonyl (C=O) groups excluding carboxylic acids is 1. The van der Waals surface area contributed by atoms with Crippen LogP contribution in [-0.2, 0) is 16.0 Å². The molecule has 1 heterocycles. The maximum atomic E-state index is 13.8. The Balaban J connectivity index is 1.76. The predicted molar refractivity (Wildman–Crippen MR) is 102 cm³/mol. The number of rotatable bonds is 7. The molecule has 0 spiro atoms. The molecule has 158 valence electrons. The number of carbonyl (C=O) groups is 1. The number of aromatic nitrogens is 1. The molecule has 0 saturated heterocycles. The van der Waals surface area contributed by atoms with E-state index < -0.39 is 29.6 Å².